The first-order valence-corrected chi connectivity index (χ1v) is 11.6. The Balaban J connectivity index is 1.62. The van der Waals surface area contributed by atoms with Crippen molar-refractivity contribution in [1.82, 2.24) is 29.7 Å². The summed E-state index contributed by atoms with van der Waals surface area (Å²) in [5.74, 6) is 0.0310. The maximum atomic E-state index is 14.3. The number of nitrogens with two attached hydrogens (primary N) is 1. The molecule has 0 saturated carbocycles. The van der Waals surface area contributed by atoms with Crippen molar-refractivity contribution in [2.24, 2.45) is 0 Å². The van der Waals surface area contributed by atoms with Crippen molar-refractivity contribution in [3.8, 4) is 28.4 Å². The maximum absolute atomic E-state index is 14.3. The molecule has 0 spiro atoms. The third kappa shape index (κ3) is 3.72. The third-order valence-corrected chi connectivity index (χ3v) is 6.29. The van der Waals surface area contributed by atoms with Gasteiger partial charge in [0.1, 0.15) is 41.0 Å². The van der Waals surface area contributed by atoms with Gasteiger partial charge in [0.15, 0.2) is 5.65 Å². The Morgan fingerprint density at radius 1 is 1.03 bits per heavy atom. The third-order valence-electron chi connectivity index (χ3n) is 6.29. The first-order chi connectivity index (χ1) is 18.5. The van der Waals surface area contributed by atoms with Crippen LogP contribution >= 0.6 is 0 Å². The Kier molecular flexibility index (Phi) is 5.52. The average molecular weight is 510 g/mol. The van der Waals surface area contributed by atoms with E-state index < -0.39 is 11.9 Å². The molecule has 4 aromatic heterocycles. The lowest BCUT2D eigenvalue weighted by Crippen LogP contribution is -2.16. The number of nitrogen functional groups attached to an aromatic ring is 1. The molecule has 0 fully saturated rings. The highest BCUT2D eigenvalue weighted by Crippen LogP contribution is 2.36. The van der Waals surface area contributed by atoms with Gasteiger partial charge in [-0.2, -0.15) is 5.10 Å². The van der Waals surface area contributed by atoms with Crippen LogP contribution in [0.4, 0.5) is 10.2 Å². The molecule has 38 heavy (non-hydrogen) atoms. The van der Waals surface area contributed by atoms with E-state index in [2.05, 4.69) is 19.9 Å². The second-order valence-electron chi connectivity index (χ2n) is 8.56. The number of ether oxygens (including phenoxy) is 1. The van der Waals surface area contributed by atoms with Crippen LogP contribution in [0, 0.1) is 5.82 Å². The minimum absolute atomic E-state index is 0.202. The molecule has 0 saturated heterocycles. The van der Waals surface area contributed by atoms with Crippen LogP contribution in [0.15, 0.2) is 76.5 Å². The van der Waals surface area contributed by atoms with E-state index in [1.165, 1.54) is 25.6 Å². The normalized spacial score (nSPS) is 12.2. The van der Waals surface area contributed by atoms with Gasteiger partial charge in [0.25, 0.3) is 0 Å². The highest BCUT2D eigenvalue weighted by Gasteiger charge is 2.27. The van der Waals surface area contributed by atoms with Gasteiger partial charge < -0.3 is 14.9 Å². The SMILES string of the molecule is COc1ncc(-c2nn(C(C)c3oc4ccccc4c(=O)c3-c3cccc(F)c3)c3ncnc(N)c23)cn1. The zero-order valence-corrected chi connectivity index (χ0v) is 20.3. The fourth-order valence-corrected chi connectivity index (χ4v) is 4.49. The Morgan fingerprint density at radius 2 is 1.82 bits per heavy atom. The minimum atomic E-state index is -0.657. The smallest absolute Gasteiger partial charge is 0.316 e. The van der Waals surface area contributed by atoms with E-state index in [9.17, 15) is 9.18 Å². The van der Waals surface area contributed by atoms with E-state index >= 15 is 0 Å². The van der Waals surface area contributed by atoms with Crippen molar-refractivity contribution < 1.29 is 13.5 Å². The second-order valence-corrected chi connectivity index (χ2v) is 8.56. The summed E-state index contributed by atoms with van der Waals surface area (Å²) < 4.78 is 27.2. The summed E-state index contributed by atoms with van der Waals surface area (Å²) in [6.45, 7) is 1.81. The quantitative estimate of drug-likeness (QED) is 0.359. The number of nitrogens with zero attached hydrogens (tertiary/aromatic N) is 6. The monoisotopic (exact) mass is 509 g/mol. The van der Waals surface area contributed by atoms with Crippen LogP contribution in [0.1, 0.15) is 18.7 Å². The number of hydrogen-bond donors (Lipinski definition) is 1. The Morgan fingerprint density at radius 3 is 2.58 bits per heavy atom. The first-order valence-electron chi connectivity index (χ1n) is 11.6. The molecule has 6 aromatic rings. The number of anilines is 1. The molecule has 6 rings (SSSR count). The number of benzene rings is 2. The lowest BCUT2D eigenvalue weighted by atomic mass is 9.99. The number of halogens is 1. The largest absolute Gasteiger partial charge is 0.467 e. The predicted molar refractivity (Wildman–Crippen MR) is 139 cm³/mol. The van der Waals surface area contributed by atoms with Gasteiger partial charge in [-0.1, -0.05) is 24.3 Å². The Labute approximate surface area is 214 Å². The number of fused-ring (bicyclic) bond motifs is 2. The first kappa shape index (κ1) is 23.2. The molecule has 0 aliphatic rings. The van der Waals surface area contributed by atoms with Crippen molar-refractivity contribution in [1.29, 1.82) is 0 Å². The predicted octanol–water partition coefficient (Wildman–Crippen LogP) is 4.40. The van der Waals surface area contributed by atoms with E-state index in [-0.39, 0.29) is 22.8 Å². The van der Waals surface area contributed by atoms with Crippen LogP contribution in [-0.2, 0) is 0 Å². The summed E-state index contributed by atoms with van der Waals surface area (Å²) in [6.07, 6.45) is 4.45. The van der Waals surface area contributed by atoms with Crippen molar-refractivity contribution in [2.75, 3.05) is 12.8 Å². The highest BCUT2D eigenvalue weighted by atomic mass is 19.1. The number of aromatic nitrogens is 6. The molecule has 0 aliphatic heterocycles. The Bertz CT molecular complexity index is 1880. The molecule has 10 nitrogen and oxygen atoms in total. The van der Waals surface area contributed by atoms with Crippen LogP contribution in [0.25, 0.3) is 44.4 Å². The standard InChI is InChI=1S/C27H20FN7O3/c1-14(24-20(15-6-5-7-17(28)10-15)23(36)18-8-3-4-9-19(18)38-24)35-26-21(25(29)32-13-33-26)22(34-35)16-11-30-27(37-2)31-12-16/h3-14H,1-2H3,(H2,29,32,33). The minimum Gasteiger partial charge on any atom is -0.467 e. The van der Waals surface area contributed by atoms with E-state index in [1.54, 1.807) is 53.5 Å². The molecule has 2 aromatic carbocycles. The zero-order valence-electron chi connectivity index (χ0n) is 20.3. The summed E-state index contributed by atoms with van der Waals surface area (Å²) in [4.78, 5) is 30.6. The van der Waals surface area contributed by atoms with E-state index in [0.29, 0.717) is 44.6 Å². The van der Waals surface area contributed by atoms with E-state index in [0.717, 1.165) is 0 Å². The van der Waals surface area contributed by atoms with Gasteiger partial charge in [0, 0.05) is 18.0 Å². The summed E-state index contributed by atoms with van der Waals surface area (Å²) in [5.41, 5.74) is 8.41. The lowest BCUT2D eigenvalue weighted by molar-refractivity contribution is 0.380. The zero-order chi connectivity index (χ0) is 26.4. The molecular weight excluding hydrogens is 489 g/mol. The van der Waals surface area contributed by atoms with Crippen LogP contribution < -0.4 is 15.9 Å². The van der Waals surface area contributed by atoms with Crippen LogP contribution in [-0.4, -0.2) is 36.8 Å². The van der Waals surface area contributed by atoms with Gasteiger partial charge >= 0.3 is 6.01 Å². The number of hydrogen-bond acceptors (Lipinski definition) is 9. The van der Waals surface area contributed by atoms with Gasteiger partial charge in [-0.3, -0.25) is 4.79 Å². The molecule has 0 bridgehead atoms. The van der Waals surface area contributed by atoms with E-state index in [1.807, 2.05) is 6.92 Å². The molecule has 1 atom stereocenters. The molecule has 4 heterocycles. The molecule has 188 valence electrons. The number of methoxy groups -OCH3 is 1. The van der Waals surface area contributed by atoms with Crippen LogP contribution in [0.2, 0.25) is 0 Å². The molecule has 0 aliphatic carbocycles. The van der Waals surface area contributed by atoms with Crippen LogP contribution in [0.5, 0.6) is 6.01 Å². The van der Waals surface area contributed by atoms with Crippen molar-refractivity contribution in [2.45, 2.75) is 13.0 Å². The fourth-order valence-electron chi connectivity index (χ4n) is 4.49. The average Bonchev–Trinajstić information content (AvgIpc) is 3.33. The van der Waals surface area contributed by atoms with Gasteiger partial charge in [-0.25, -0.2) is 29.0 Å². The topological polar surface area (TPSA) is 135 Å². The molecule has 11 heteroatoms. The van der Waals surface area contributed by atoms with Gasteiger partial charge in [-0.05, 0) is 36.8 Å². The van der Waals surface area contributed by atoms with Crippen molar-refractivity contribution in [3.05, 3.63) is 89.1 Å². The molecular formula is C27H20FN7O3. The highest BCUT2D eigenvalue weighted by molar-refractivity contribution is 5.98. The summed E-state index contributed by atoms with van der Waals surface area (Å²) in [5, 5.41) is 5.67. The number of rotatable bonds is 5. The Hall–Kier alpha value is -5.19. The molecule has 0 radical (unpaired) electrons. The maximum Gasteiger partial charge on any atom is 0.316 e. The molecule has 2 N–H and O–H groups in total. The van der Waals surface area contributed by atoms with Crippen molar-refractivity contribution >= 4 is 27.8 Å². The lowest BCUT2D eigenvalue weighted by Gasteiger charge is -2.17. The van der Waals surface area contributed by atoms with Gasteiger partial charge in [0.05, 0.1) is 23.4 Å². The number of para-hydroxylation sites is 1. The molecule has 1 unspecified atom stereocenters. The fraction of sp³-hybridized carbons (Fsp3) is 0.111. The summed E-state index contributed by atoms with van der Waals surface area (Å²) in [7, 11) is 1.47. The van der Waals surface area contributed by atoms with Gasteiger partial charge in [0.2, 0.25) is 5.43 Å². The van der Waals surface area contributed by atoms with E-state index in [4.69, 9.17) is 20.0 Å². The van der Waals surface area contributed by atoms with Crippen molar-refractivity contribution in [3.63, 3.8) is 0 Å². The second kappa shape index (κ2) is 9.04. The summed E-state index contributed by atoms with van der Waals surface area (Å²) >= 11 is 0. The van der Waals surface area contributed by atoms with Gasteiger partial charge in [-0.15, -0.1) is 0 Å². The van der Waals surface area contributed by atoms with Crippen LogP contribution in [0.3, 0.4) is 0 Å². The summed E-state index contributed by atoms with van der Waals surface area (Å²) in [6, 6.07) is 12.3. The molecule has 0 amide bonds.